The number of halogens is 1. The molecule has 2 rings (SSSR count). The summed E-state index contributed by atoms with van der Waals surface area (Å²) >= 11 is 5.88. The summed E-state index contributed by atoms with van der Waals surface area (Å²) in [5.41, 5.74) is 1.17. The van der Waals surface area contributed by atoms with Crippen LogP contribution in [0.1, 0.15) is 25.2 Å². The molecule has 1 heterocycles. The van der Waals surface area contributed by atoms with Crippen LogP contribution >= 0.6 is 11.6 Å². The zero-order valence-corrected chi connectivity index (χ0v) is 12.1. The number of rotatable bonds is 6. The molecule has 1 N–H and O–H groups in total. The number of hydrogen-bond acceptors (Lipinski definition) is 3. The maximum absolute atomic E-state index is 5.88. The van der Waals surface area contributed by atoms with Crippen molar-refractivity contribution in [1.29, 1.82) is 0 Å². The van der Waals surface area contributed by atoms with Gasteiger partial charge in [0.15, 0.2) is 0 Å². The lowest BCUT2D eigenvalue weighted by atomic mass is 10.2. The van der Waals surface area contributed by atoms with Gasteiger partial charge in [0.1, 0.15) is 12.2 Å². The zero-order valence-electron chi connectivity index (χ0n) is 11.3. The van der Waals surface area contributed by atoms with Crippen molar-refractivity contribution in [1.82, 2.24) is 20.1 Å². The van der Waals surface area contributed by atoms with Crippen LogP contribution in [0.15, 0.2) is 30.6 Å². The molecule has 5 heteroatoms. The topological polar surface area (TPSA) is 42.7 Å². The lowest BCUT2D eigenvalue weighted by molar-refractivity contribution is 0.523. The number of hydrogen-bond donors (Lipinski definition) is 1. The van der Waals surface area contributed by atoms with Gasteiger partial charge in [0.05, 0.1) is 13.1 Å². The first-order chi connectivity index (χ1) is 9.15. The van der Waals surface area contributed by atoms with Crippen LogP contribution in [0.2, 0.25) is 5.02 Å². The van der Waals surface area contributed by atoms with Crippen molar-refractivity contribution in [3.8, 4) is 0 Å². The van der Waals surface area contributed by atoms with Gasteiger partial charge in [-0.3, -0.25) is 0 Å². The molecule has 0 unspecified atom stereocenters. The number of aromatic nitrogens is 3. The van der Waals surface area contributed by atoms with Crippen molar-refractivity contribution in [2.75, 3.05) is 6.54 Å². The predicted octanol–water partition coefficient (Wildman–Crippen LogP) is 2.73. The van der Waals surface area contributed by atoms with Gasteiger partial charge in [0.2, 0.25) is 0 Å². The molecule has 102 valence electrons. The second kappa shape index (κ2) is 6.68. The van der Waals surface area contributed by atoms with Crippen LogP contribution in [-0.2, 0) is 13.1 Å². The van der Waals surface area contributed by atoms with Crippen LogP contribution in [0.4, 0.5) is 0 Å². The second-order valence-corrected chi connectivity index (χ2v) is 5.42. The van der Waals surface area contributed by atoms with Crippen molar-refractivity contribution < 1.29 is 0 Å². The molecule has 4 nitrogen and oxygen atoms in total. The van der Waals surface area contributed by atoms with E-state index < -0.39 is 0 Å². The number of nitrogens with zero attached hydrogens (tertiary/aromatic N) is 3. The van der Waals surface area contributed by atoms with Gasteiger partial charge in [-0.25, -0.2) is 9.67 Å². The Bertz CT molecular complexity index is 504. The van der Waals surface area contributed by atoms with E-state index in [1.54, 1.807) is 6.33 Å². The lowest BCUT2D eigenvalue weighted by Crippen LogP contribution is -2.22. The normalized spacial score (nSPS) is 11.2. The molecule has 0 aliphatic carbocycles. The van der Waals surface area contributed by atoms with E-state index in [0.717, 1.165) is 30.5 Å². The molecule has 0 fully saturated rings. The molecule has 0 bridgehead atoms. The molecule has 1 aromatic carbocycles. The Morgan fingerprint density at radius 1 is 1.26 bits per heavy atom. The van der Waals surface area contributed by atoms with E-state index >= 15 is 0 Å². The molecular formula is C14H19ClN4. The van der Waals surface area contributed by atoms with Crippen LogP contribution in [0.25, 0.3) is 0 Å². The number of nitrogens with one attached hydrogen (secondary N) is 1. The third kappa shape index (κ3) is 4.33. The van der Waals surface area contributed by atoms with Crippen LogP contribution in [0.3, 0.4) is 0 Å². The SMILES string of the molecule is CC(C)CNCc1ncnn1Cc1ccc(Cl)cc1. The zero-order chi connectivity index (χ0) is 13.7. The summed E-state index contributed by atoms with van der Waals surface area (Å²) in [6.45, 7) is 6.81. The van der Waals surface area contributed by atoms with E-state index in [0.29, 0.717) is 5.92 Å². The molecule has 0 radical (unpaired) electrons. The first kappa shape index (κ1) is 14.0. The Labute approximate surface area is 118 Å². The van der Waals surface area contributed by atoms with E-state index in [-0.39, 0.29) is 0 Å². The highest BCUT2D eigenvalue weighted by molar-refractivity contribution is 6.30. The van der Waals surface area contributed by atoms with Gasteiger partial charge in [0.25, 0.3) is 0 Å². The summed E-state index contributed by atoms with van der Waals surface area (Å²) in [7, 11) is 0. The van der Waals surface area contributed by atoms with Crippen molar-refractivity contribution in [3.05, 3.63) is 47.0 Å². The molecule has 0 spiro atoms. The van der Waals surface area contributed by atoms with Gasteiger partial charge in [-0.2, -0.15) is 5.10 Å². The summed E-state index contributed by atoms with van der Waals surface area (Å²) in [6.07, 6.45) is 1.60. The molecule has 0 saturated heterocycles. The van der Waals surface area contributed by atoms with Crippen molar-refractivity contribution in [3.63, 3.8) is 0 Å². The van der Waals surface area contributed by atoms with Crippen molar-refractivity contribution >= 4 is 11.6 Å². The minimum absolute atomic E-state index is 0.632. The first-order valence-corrected chi connectivity index (χ1v) is 6.85. The molecule has 0 aliphatic rings. The van der Waals surface area contributed by atoms with E-state index in [2.05, 4.69) is 29.2 Å². The van der Waals surface area contributed by atoms with Gasteiger partial charge in [-0.15, -0.1) is 0 Å². The summed E-state index contributed by atoms with van der Waals surface area (Å²) in [5, 5.41) is 8.39. The maximum Gasteiger partial charge on any atom is 0.141 e. The highest BCUT2D eigenvalue weighted by Gasteiger charge is 2.05. The van der Waals surface area contributed by atoms with Crippen molar-refractivity contribution in [2.45, 2.75) is 26.9 Å². The highest BCUT2D eigenvalue weighted by atomic mass is 35.5. The predicted molar refractivity (Wildman–Crippen MR) is 77.1 cm³/mol. The van der Waals surface area contributed by atoms with Crippen LogP contribution < -0.4 is 5.32 Å². The van der Waals surface area contributed by atoms with E-state index in [1.807, 2.05) is 28.9 Å². The fourth-order valence-corrected chi connectivity index (χ4v) is 1.92. The molecule has 1 aromatic heterocycles. The lowest BCUT2D eigenvalue weighted by Gasteiger charge is -2.09. The monoisotopic (exact) mass is 278 g/mol. The fourth-order valence-electron chi connectivity index (χ4n) is 1.79. The average molecular weight is 279 g/mol. The minimum atomic E-state index is 0.632. The van der Waals surface area contributed by atoms with Gasteiger partial charge >= 0.3 is 0 Å². The number of benzene rings is 1. The maximum atomic E-state index is 5.88. The van der Waals surface area contributed by atoms with Crippen LogP contribution in [-0.4, -0.2) is 21.3 Å². The Morgan fingerprint density at radius 3 is 2.68 bits per heavy atom. The van der Waals surface area contributed by atoms with Crippen LogP contribution in [0.5, 0.6) is 0 Å². The van der Waals surface area contributed by atoms with E-state index in [4.69, 9.17) is 11.6 Å². The molecule has 0 saturated carbocycles. The Morgan fingerprint density at radius 2 is 2.00 bits per heavy atom. The third-order valence-electron chi connectivity index (χ3n) is 2.78. The van der Waals surface area contributed by atoms with Crippen LogP contribution in [0, 0.1) is 5.92 Å². The summed E-state index contributed by atoms with van der Waals surface area (Å²) in [5.74, 6) is 1.59. The quantitative estimate of drug-likeness (QED) is 0.883. The second-order valence-electron chi connectivity index (χ2n) is 4.99. The summed E-state index contributed by atoms with van der Waals surface area (Å²) in [4.78, 5) is 4.29. The van der Waals surface area contributed by atoms with Gasteiger partial charge in [0, 0.05) is 5.02 Å². The molecule has 19 heavy (non-hydrogen) atoms. The van der Waals surface area contributed by atoms with Crippen molar-refractivity contribution in [2.24, 2.45) is 5.92 Å². The Hall–Kier alpha value is -1.39. The highest BCUT2D eigenvalue weighted by Crippen LogP contribution is 2.10. The minimum Gasteiger partial charge on any atom is -0.310 e. The Balaban J connectivity index is 1.97. The van der Waals surface area contributed by atoms with Gasteiger partial charge < -0.3 is 5.32 Å². The fraction of sp³-hybridized carbons (Fsp3) is 0.429. The summed E-state index contributed by atoms with van der Waals surface area (Å²) < 4.78 is 1.91. The standard InChI is InChI=1S/C14H19ClN4/c1-11(2)7-16-8-14-17-10-18-19(14)9-12-3-5-13(15)6-4-12/h3-6,10-11,16H,7-9H2,1-2H3. The Kier molecular flexibility index (Phi) is 4.93. The smallest absolute Gasteiger partial charge is 0.141 e. The summed E-state index contributed by atoms with van der Waals surface area (Å²) in [6, 6.07) is 7.81. The molecule has 0 aliphatic heterocycles. The molecular weight excluding hydrogens is 260 g/mol. The van der Waals surface area contributed by atoms with E-state index in [9.17, 15) is 0 Å². The van der Waals surface area contributed by atoms with Gasteiger partial charge in [-0.05, 0) is 30.2 Å². The largest absolute Gasteiger partial charge is 0.310 e. The van der Waals surface area contributed by atoms with Gasteiger partial charge in [-0.1, -0.05) is 37.6 Å². The average Bonchev–Trinajstić information content (AvgIpc) is 2.79. The van der Waals surface area contributed by atoms with E-state index in [1.165, 1.54) is 5.56 Å². The molecule has 2 aromatic rings. The molecule has 0 atom stereocenters. The third-order valence-corrected chi connectivity index (χ3v) is 3.03. The first-order valence-electron chi connectivity index (χ1n) is 6.47. The molecule has 0 amide bonds.